The van der Waals surface area contributed by atoms with Gasteiger partial charge in [-0.05, 0) is 37.5 Å². The maximum absolute atomic E-state index is 12.3. The Bertz CT molecular complexity index is 1170. The lowest BCUT2D eigenvalue weighted by Crippen LogP contribution is -2.42. The zero-order valence-corrected chi connectivity index (χ0v) is 17.1. The molecule has 0 unspecified atom stereocenters. The summed E-state index contributed by atoms with van der Waals surface area (Å²) in [5.74, 6) is -1.45. The number of unbranched alkanes of at least 4 members (excludes halogenated alkanes) is 1. The van der Waals surface area contributed by atoms with E-state index in [0.29, 0.717) is 36.9 Å². The lowest BCUT2D eigenvalue weighted by atomic mass is 10.1. The van der Waals surface area contributed by atoms with Crippen molar-refractivity contribution in [3.05, 3.63) is 46.6 Å². The van der Waals surface area contributed by atoms with Gasteiger partial charge in [0.25, 0.3) is 0 Å². The molecule has 0 saturated carbocycles. The van der Waals surface area contributed by atoms with E-state index in [2.05, 4.69) is 15.6 Å². The largest absolute Gasteiger partial charge is 0.508 e. The number of aliphatic carboxylic acids is 1. The molecule has 2 atom stereocenters. The summed E-state index contributed by atoms with van der Waals surface area (Å²) in [6, 6.07) is 4.18. The Kier molecular flexibility index (Phi) is 7.18. The van der Waals surface area contributed by atoms with Gasteiger partial charge in [-0.15, -0.1) is 5.10 Å². The molecule has 0 aliphatic rings. The molecule has 0 saturated heterocycles. The van der Waals surface area contributed by atoms with Crippen LogP contribution in [0.1, 0.15) is 25.0 Å². The first-order valence-corrected chi connectivity index (χ1v) is 9.94. The highest BCUT2D eigenvalue weighted by Gasteiger charge is 2.17. The van der Waals surface area contributed by atoms with Crippen LogP contribution in [0, 0.1) is 0 Å². The van der Waals surface area contributed by atoms with Crippen LogP contribution in [0.15, 0.2) is 39.7 Å². The van der Waals surface area contributed by atoms with Crippen molar-refractivity contribution in [2.75, 3.05) is 6.54 Å². The molecule has 1 amide bonds. The molecule has 0 radical (unpaired) electrons. The average Bonchev–Trinajstić information content (AvgIpc) is 3.20. The van der Waals surface area contributed by atoms with Gasteiger partial charge in [0.15, 0.2) is 5.69 Å². The summed E-state index contributed by atoms with van der Waals surface area (Å²) in [6.45, 7) is 0.346. The van der Waals surface area contributed by atoms with Crippen LogP contribution in [0.4, 0.5) is 0 Å². The number of rotatable bonds is 10. The Morgan fingerprint density at radius 3 is 2.72 bits per heavy atom. The Morgan fingerprint density at radius 2 is 1.97 bits per heavy atom. The van der Waals surface area contributed by atoms with Gasteiger partial charge in [-0.25, -0.2) is 9.48 Å². The standard InChI is InChI=1S/C20H24N6O6/c21-14(19(29)30)3-1-2-6-23-18(28)15(22)8-12-10-26(25-24-12)16-7-11-4-5-13(27)9-17(11)32-20(16)31/h4-5,7,9-10,14-15,27H,1-3,6,8,21-22H2,(H,23,28)(H,29,30)/t14-,15+/m0/s1. The molecule has 12 heteroatoms. The highest BCUT2D eigenvalue weighted by atomic mass is 16.4. The molecule has 0 aliphatic heterocycles. The van der Waals surface area contributed by atoms with E-state index in [1.165, 1.54) is 23.0 Å². The first-order valence-electron chi connectivity index (χ1n) is 9.94. The molecule has 3 rings (SSSR count). The number of carbonyl (C=O) groups is 2. The average molecular weight is 444 g/mol. The number of amides is 1. The maximum Gasteiger partial charge on any atom is 0.362 e. The fraction of sp³-hybridized carbons (Fsp3) is 0.350. The van der Waals surface area contributed by atoms with E-state index >= 15 is 0 Å². The Morgan fingerprint density at radius 1 is 1.19 bits per heavy atom. The van der Waals surface area contributed by atoms with E-state index in [1.54, 1.807) is 12.1 Å². The summed E-state index contributed by atoms with van der Waals surface area (Å²) >= 11 is 0. The van der Waals surface area contributed by atoms with Gasteiger partial charge in [-0.3, -0.25) is 9.59 Å². The van der Waals surface area contributed by atoms with Crippen molar-refractivity contribution in [1.29, 1.82) is 0 Å². The zero-order chi connectivity index (χ0) is 23.3. The third-order valence-electron chi connectivity index (χ3n) is 4.81. The van der Waals surface area contributed by atoms with Crippen molar-refractivity contribution < 1.29 is 24.2 Å². The van der Waals surface area contributed by atoms with Crippen LogP contribution in [0.2, 0.25) is 0 Å². The van der Waals surface area contributed by atoms with Crippen LogP contribution in [0.5, 0.6) is 5.75 Å². The SMILES string of the molecule is N[C@H](Cc1cn(-c2cc3ccc(O)cc3oc2=O)nn1)C(=O)NCCCC[C@H](N)C(=O)O. The molecule has 32 heavy (non-hydrogen) atoms. The lowest BCUT2D eigenvalue weighted by molar-refractivity contribution is -0.138. The van der Waals surface area contributed by atoms with Crippen molar-refractivity contribution in [2.24, 2.45) is 11.5 Å². The highest BCUT2D eigenvalue weighted by Crippen LogP contribution is 2.20. The summed E-state index contributed by atoms with van der Waals surface area (Å²) in [5, 5.41) is 29.4. The van der Waals surface area contributed by atoms with E-state index < -0.39 is 23.7 Å². The number of carbonyl (C=O) groups excluding carboxylic acids is 1. The van der Waals surface area contributed by atoms with Crippen LogP contribution in [-0.4, -0.2) is 55.7 Å². The number of aromatic hydroxyl groups is 1. The number of fused-ring (bicyclic) bond motifs is 1. The van der Waals surface area contributed by atoms with Gasteiger partial charge < -0.3 is 31.4 Å². The number of aromatic nitrogens is 3. The first kappa shape index (κ1) is 22.9. The fourth-order valence-electron chi connectivity index (χ4n) is 3.03. The number of carboxylic acids is 1. The number of nitrogens with one attached hydrogen (secondary N) is 1. The molecular weight excluding hydrogens is 420 g/mol. The molecule has 170 valence electrons. The summed E-state index contributed by atoms with van der Waals surface area (Å²) in [5.41, 5.74) is 11.5. The van der Waals surface area contributed by atoms with Gasteiger partial charge in [0, 0.05) is 24.4 Å². The molecule has 1 aromatic carbocycles. The molecule has 7 N–H and O–H groups in total. The van der Waals surface area contributed by atoms with Crippen molar-refractivity contribution in [3.8, 4) is 11.4 Å². The third kappa shape index (κ3) is 5.68. The van der Waals surface area contributed by atoms with Gasteiger partial charge in [-0.1, -0.05) is 5.21 Å². The van der Waals surface area contributed by atoms with Crippen molar-refractivity contribution in [1.82, 2.24) is 20.3 Å². The van der Waals surface area contributed by atoms with Gasteiger partial charge in [0.1, 0.15) is 17.4 Å². The minimum Gasteiger partial charge on any atom is -0.508 e. The number of nitrogens with two attached hydrogens (primary N) is 2. The van der Waals surface area contributed by atoms with Gasteiger partial charge in [0.2, 0.25) is 5.91 Å². The Hall–Kier alpha value is -3.77. The maximum atomic E-state index is 12.3. The van der Waals surface area contributed by atoms with Crippen molar-refractivity contribution in [3.63, 3.8) is 0 Å². The van der Waals surface area contributed by atoms with Crippen LogP contribution in [-0.2, 0) is 16.0 Å². The quantitative estimate of drug-likeness (QED) is 0.203. The molecule has 0 fully saturated rings. The number of hydrogen-bond acceptors (Lipinski definition) is 9. The van der Waals surface area contributed by atoms with Crippen LogP contribution < -0.4 is 22.4 Å². The van der Waals surface area contributed by atoms with E-state index in [9.17, 15) is 19.5 Å². The molecular formula is C20H24N6O6. The monoisotopic (exact) mass is 444 g/mol. The van der Waals surface area contributed by atoms with Crippen LogP contribution in [0.3, 0.4) is 0 Å². The second kappa shape index (κ2) is 10.0. The highest BCUT2D eigenvalue weighted by molar-refractivity contribution is 5.81. The van der Waals surface area contributed by atoms with E-state index in [4.69, 9.17) is 21.0 Å². The number of carboxylic acid groups (broad SMARTS) is 1. The molecule has 12 nitrogen and oxygen atoms in total. The first-order chi connectivity index (χ1) is 15.2. The summed E-state index contributed by atoms with van der Waals surface area (Å²) in [6.07, 6.45) is 3.04. The molecule has 2 aromatic heterocycles. The van der Waals surface area contributed by atoms with Crippen LogP contribution in [0.25, 0.3) is 16.7 Å². The predicted octanol–water partition coefficient (Wildman–Crippen LogP) is -0.352. The van der Waals surface area contributed by atoms with Crippen molar-refractivity contribution >= 4 is 22.8 Å². The summed E-state index contributed by atoms with van der Waals surface area (Å²) < 4.78 is 6.46. The Labute approximate surface area is 181 Å². The number of hydrogen-bond donors (Lipinski definition) is 5. The zero-order valence-electron chi connectivity index (χ0n) is 17.1. The number of phenols is 1. The van der Waals surface area contributed by atoms with E-state index in [0.717, 1.165) is 0 Å². The third-order valence-corrected chi connectivity index (χ3v) is 4.81. The number of nitrogens with zero attached hydrogens (tertiary/aromatic N) is 3. The molecule has 3 aromatic rings. The van der Waals surface area contributed by atoms with Gasteiger partial charge in [-0.2, -0.15) is 0 Å². The van der Waals surface area contributed by atoms with E-state index in [1.807, 2.05) is 0 Å². The van der Waals surface area contributed by atoms with Crippen LogP contribution >= 0.6 is 0 Å². The normalized spacial score (nSPS) is 13.1. The Balaban J connectivity index is 1.55. The smallest absolute Gasteiger partial charge is 0.362 e. The lowest BCUT2D eigenvalue weighted by Gasteiger charge is -2.11. The topological polar surface area (TPSA) is 200 Å². The number of phenolic OH excluding ortho intramolecular Hbond substituents is 1. The summed E-state index contributed by atoms with van der Waals surface area (Å²) in [4.78, 5) is 35.1. The predicted molar refractivity (Wildman–Crippen MR) is 113 cm³/mol. The molecule has 0 spiro atoms. The fourth-order valence-corrected chi connectivity index (χ4v) is 3.03. The van der Waals surface area contributed by atoms with Crippen molar-refractivity contribution in [2.45, 2.75) is 37.8 Å². The molecule has 0 bridgehead atoms. The van der Waals surface area contributed by atoms with Gasteiger partial charge in [0.05, 0.1) is 17.9 Å². The van der Waals surface area contributed by atoms with Gasteiger partial charge >= 0.3 is 11.6 Å². The minimum atomic E-state index is -1.05. The minimum absolute atomic E-state index is 0.0208. The summed E-state index contributed by atoms with van der Waals surface area (Å²) in [7, 11) is 0. The second-order valence-electron chi connectivity index (χ2n) is 7.34. The van der Waals surface area contributed by atoms with E-state index in [-0.39, 0.29) is 29.3 Å². The number of benzene rings is 1. The molecule has 2 heterocycles. The molecule has 0 aliphatic carbocycles. The second-order valence-corrected chi connectivity index (χ2v) is 7.34.